The molecule has 0 spiro atoms. The van der Waals surface area contributed by atoms with Gasteiger partial charge in [0.1, 0.15) is 17.6 Å². The molecule has 0 unspecified atom stereocenters. The third kappa shape index (κ3) is 5.13. The first-order valence-corrected chi connectivity index (χ1v) is 11.1. The molecule has 1 atom stereocenters. The first kappa shape index (κ1) is 21.5. The predicted molar refractivity (Wildman–Crippen MR) is 121 cm³/mol. The van der Waals surface area contributed by atoms with Crippen LogP contribution in [0.5, 0.6) is 11.5 Å². The minimum Gasteiger partial charge on any atom is -0.494 e. The summed E-state index contributed by atoms with van der Waals surface area (Å²) in [5, 5.41) is 3.11. The highest BCUT2D eigenvalue weighted by Gasteiger charge is 2.35. The molecule has 1 saturated heterocycles. The Labute approximate surface area is 184 Å². The van der Waals surface area contributed by atoms with Crippen LogP contribution in [0.25, 0.3) is 0 Å². The molecule has 1 amide bonds. The number of carbonyl (C=O) groups excluding carboxylic acids is 1. The van der Waals surface area contributed by atoms with Crippen molar-refractivity contribution >= 4 is 11.6 Å². The third-order valence-corrected chi connectivity index (χ3v) is 6.20. The Morgan fingerprint density at radius 1 is 1.03 bits per heavy atom. The van der Waals surface area contributed by atoms with E-state index < -0.39 is 0 Å². The molecule has 0 radical (unpaired) electrons. The molecule has 1 aliphatic heterocycles. The summed E-state index contributed by atoms with van der Waals surface area (Å²) in [7, 11) is 1.70. The van der Waals surface area contributed by atoms with Crippen molar-refractivity contribution in [2.24, 2.45) is 5.92 Å². The van der Waals surface area contributed by atoms with Gasteiger partial charge in [-0.25, -0.2) is 0 Å². The first-order valence-electron chi connectivity index (χ1n) is 11.1. The van der Waals surface area contributed by atoms with Gasteiger partial charge in [0.05, 0.1) is 31.8 Å². The van der Waals surface area contributed by atoms with Gasteiger partial charge >= 0.3 is 0 Å². The van der Waals surface area contributed by atoms with E-state index in [0.29, 0.717) is 6.61 Å². The lowest BCUT2D eigenvalue weighted by atomic mass is 9.81. The van der Waals surface area contributed by atoms with E-state index in [0.717, 1.165) is 43.0 Å². The lowest BCUT2D eigenvalue weighted by Gasteiger charge is -2.40. The normalized spacial score (nSPS) is 21.6. The third-order valence-electron chi connectivity index (χ3n) is 6.20. The number of ether oxygens (including phenoxy) is 3. The van der Waals surface area contributed by atoms with Gasteiger partial charge in [-0.15, -0.1) is 0 Å². The molecule has 2 aromatic rings. The van der Waals surface area contributed by atoms with Gasteiger partial charge in [0.25, 0.3) is 0 Å². The van der Waals surface area contributed by atoms with E-state index in [1.165, 1.54) is 5.69 Å². The number of amides is 1. The van der Waals surface area contributed by atoms with Gasteiger partial charge in [-0.05, 0) is 68.7 Å². The molecule has 1 saturated carbocycles. The van der Waals surface area contributed by atoms with Crippen LogP contribution in [0.15, 0.2) is 48.5 Å². The number of hydrogen-bond acceptors (Lipinski definition) is 5. The molecule has 166 valence electrons. The zero-order valence-corrected chi connectivity index (χ0v) is 18.5. The fourth-order valence-electron chi connectivity index (χ4n) is 4.06. The molecule has 2 fully saturated rings. The van der Waals surface area contributed by atoms with E-state index in [2.05, 4.69) is 22.3 Å². The molecule has 2 aliphatic rings. The van der Waals surface area contributed by atoms with Crippen molar-refractivity contribution in [3.05, 3.63) is 54.1 Å². The summed E-state index contributed by atoms with van der Waals surface area (Å²) in [6.45, 7) is 6.41. The molecule has 1 aliphatic carbocycles. The molecule has 6 heteroatoms. The van der Waals surface area contributed by atoms with Crippen LogP contribution in [-0.2, 0) is 9.53 Å². The second-order valence-corrected chi connectivity index (χ2v) is 8.40. The summed E-state index contributed by atoms with van der Waals surface area (Å²) in [5.41, 5.74) is 2.26. The zero-order valence-electron chi connectivity index (χ0n) is 18.5. The van der Waals surface area contributed by atoms with Crippen LogP contribution < -0.4 is 19.7 Å². The van der Waals surface area contributed by atoms with Crippen molar-refractivity contribution in [2.75, 3.05) is 31.7 Å². The second-order valence-electron chi connectivity index (χ2n) is 8.40. The largest absolute Gasteiger partial charge is 0.494 e. The van der Waals surface area contributed by atoms with Crippen LogP contribution in [0.1, 0.15) is 38.3 Å². The van der Waals surface area contributed by atoms with E-state index in [1.807, 2.05) is 50.2 Å². The Morgan fingerprint density at radius 3 is 2.29 bits per heavy atom. The molecule has 1 heterocycles. The fraction of sp³-hybridized carbons (Fsp3) is 0.480. The maximum Gasteiger partial charge on any atom is 0.223 e. The molecule has 31 heavy (non-hydrogen) atoms. The van der Waals surface area contributed by atoms with Gasteiger partial charge in [0.2, 0.25) is 5.91 Å². The van der Waals surface area contributed by atoms with Crippen LogP contribution in [0.2, 0.25) is 0 Å². The summed E-state index contributed by atoms with van der Waals surface area (Å²) < 4.78 is 16.9. The average molecular weight is 425 g/mol. The van der Waals surface area contributed by atoms with Gasteiger partial charge in [0.15, 0.2) is 0 Å². The topological polar surface area (TPSA) is 60.0 Å². The van der Waals surface area contributed by atoms with Crippen LogP contribution >= 0.6 is 0 Å². The van der Waals surface area contributed by atoms with E-state index in [4.69, 9.17) is 14.2 Å². The summed E-state index contributed by atoms with van der Waals surface area (Å²) >= 11 is 0. The van der Waals surface area contributed by atoms with Gasteiger partial charge in [-0.3, -0.25) is 4.79 Å². The van der Waals surface area contributed by atoms with Crippen molar-refractivity contribution in [3.63, 3.8) is 0 Å². The van der Waals surface area contributed by atoms with Crippen molar-refractivity contribution in [2.45, 2.75) is 44.9 Å². The summed E-state index contributed by atoms with van der Waals surface area (Å²) in [6, 6.07) is 16.2. The van der Waals surface area contributed by atoms with E-state index in [1.54, 1.807) is 7.11 Å². The average Bonchev–Trinajstić information content (AvgIpc) is 2.71. The van der Waals surface area contributed by atoms with Crippen molar-refractivity contribution < 1.29 is 19.0 Å². The lowest BCUT2D eigenvalue weighted by Crippen LogP contribution is -2.54. The number of rotatable bonds is 9. The molecule has 0 aromatic heterocycles. The van der Waals surface area contributed by atoms with Crippen LogP contribution in [0, 0.1) is 5.92 Å². The van der Waals surface area contributed by atoms with E-state index >= 15 is 0 Å². The molecule has 4 rings (SSSR count). The number of anilines is 1. The Morgan fingerprint density at radius 2 is 1.68 bits per heavy atom. The quantitative estimate of drug-likeness (QED) is 0.660. The number of benzene rings is 2. The summed E-state index contributed by atoms with van der Waals surface area (Å²) in [4.78, 5) is 14.6. The molecule has 0 bridgehead atoms. The SMILES string of the molecule is CCOc1ccc(N2CC(Oc3ccc([C@H](C)NC(=O)C4CC(OC)C4)cc3)C2)cc1. The Bertz CT molecular complexity index is 856. The molecular formula is C25H32N2O4. The highest BCUT2D eigenvalue weighted by Crippen LogP contribution is 2.31. The number of methoxy groups -OCH3 is 1. The molecular weight excluding hydrogens is 392 g/mol. The van der Waals surface area contributed by atoms with Gasteiger partial charge in [-0.2, -0.15) is 0 Å². The van der Waals surface area contributed by atoms with Crippen LogP contribution in [-0.4, -0.2) is 44.9 Å². The Kier molecular flexibility index (Phi) is 6.66. The van der Waals surface area contributed by atoms with E-state index in [-0.39, 0.29) is 30.1 Å². The van der Waals surface area contributed by atoms with Crippen molar-refractivity contribution in [3.8, 4) is 11.5 Å². The molecule has 1 N–H and O–H groups in total. The van der Waals surface area contributed by atoms with Gasteiger partial charge in [0, 0.05) is 18.7 Å². The van der Waals surface area contributed by atoms with E-state index in [9.17, 15) is 4.79 Å². The maximum absolute atomic E-state index is 12.3. The highest BCUT2D eigenvalue weighted by molar-refractivity contribution is 5.80. The van der Waals surface area contributed by atoms with Crippen LogP contribution in [0.3, 0.4) is 0 Å². The lowest BCUT2D eigenvalue weighted by molar-refractivity contribution is -0.133. The highest BCUT2D eigenvalue weighted by atomic mass is 16.5. The number of hydrogen-bond donors (Lipinski definition) is 1. The number of carbonyl (C=O) groups is 1. The van der Waals surface area contributed by atoms with Gasteiger partial charge < -0.3 is 24.4 Å². The minimum absolute atomic E-state index is 0.0259. The Balaban J connectivity index is 1.21. The van der Waals surface area contributed by atoms with Crippen LogP contribution in [0.4, 0.5) is 5.69 Å². The predicted octanol–water partition coefficient (Wildman–Crippen LogP) is 3.96. The zero-order chi connectivity index (χ0) is 21.8. The molecule has 6 nitrogen and oxygen atoms in total. The first-order chi connectivity index (χ1) is 15.1. The Hall–Kier alpha value is -2.73. The molecule has 2 aromatic carbocycles. The maximum atomic E-state index is 12.3. The fourth-order valence-corrected chi connectivity index (χ4v) is 4.06. The number of nitrogens with zero attached hydrogens (tertiary/aromatic N) is 1. The number of nitrogens with one attached hydrogen (secondary N) is 1. The van der Waals surface area contributed by atoms with Gasteiger partial charge in [-0.1, -0.05) is 12.1 Å². The monoisotopic (exact) mass is 424 g/mol. The summed E-state index contributed by atoms with van der Waals surface area (Å²) in [5.74, 6) is 1.95. The minimum atomic E-state index is -0.0259. The standard InChI is InChI=1S/C25H32N2O4/c1-4-30-21-11-7-20(8-12-21)27-15-24(16-27)31-22-9-5-18(6-10-22)17(2)26-25(28)19-13-23(14-19)29-3/h5-12,17,19,23-24H,4,13-16H2,1-3H3,(H,26,28)/t17-,19?,23?/m0/s1. The smallest absolute Gasteiger partial charge is 0.223 e. The van der Waals surface area contributed by atoms with Crippen molar-refractivity contribution in [1.82, 2.24) is 5.32 Å². The second kappa shape index (κ2) is 9.60. The summed E-state index contributed by atoms with van der Waals surface area (Å²) in [6.07, 6.45) is 2.05. The van der Waals surface area contributed by atoms with Crippen molar-refractivity contribution in [1.29, 1.82) is 0 Å².